The van der Waals surface area contributed by atoms with E-state index in [4.69, 9.17) is 4.18 Å². The third-order valence-electron chi connectivity index (χ3n) is 4.91. The highest BCUT2D eigenvalue weighted by molar-refractivity contribution is 7.87. The third kappa shape index (κ3) is 6.73. The predicted molar refractivity (Wildman–Crippen MR) is 114 cm³/mol. The molecule has 1 aliphatic heterocycles. The number of nitrogens with zero attached hydrogens (tertiary/aromatic N) is 2. The van der Waals surface area contributed by atoms with Crippen LogP contribution < -0.4 is 4.18 Å². The lowest BCUT2D eigenvalue weighted by molar-refractivity contribution is -0.139. The van der Waals surface area contributed by atoms with Crippen LogP contribution in [0.15, 0.2) is 65.7 Å². The van der Waals surface area contributed by atoms with E-state index in [2.05, 4.69) is 11.9 Å². The number of piperidine rings is 1. The van der Waals surface area contributed by atoms with E-state index in [0.717, 1.165) is 4.57 Å². The Morgan fingerprint density at radius 3 is 2.23 bits per heavy atom. The van der Waals surface area contributed by atoms with E-state index in [9.17, 15) is 21.6 Å². The van der Waals surface area contributed by atoms with Crippen molar-refractivity contribution in [1.29, 1.82) is 0 Å². The normalized spacial score (nSPS) is 15.4. The molecule has 1 aliphatic rings. The molecule has 0 atom stereocenters. The van der Waals surface area contributed by atoms with E-state index in [1.54, 1.807) is 18.2 Å². The standard InChI is InChI=1S/C16H12F3NO3S.C6H13N/c17-16(18,19)11-20-9-8-12-10-13(6-7-15(12)20)23-24(21,22)14-4-2-1-3-5-14;1-7-5-3-2-4-6-7/h1-10H,11H2;2-6H2,1H3. The van der Waals surface area contributed by atoms with Crippen molar-refractivity contribution in [2.24, 2.45) is 0 Å². The van der Waals surface area contributed by atoms with Crippen molar-refractivity contribution in [3.8, 4) is 5.75 Å². The average Bonchev–Trinajstić information content (AvgIpc) is 3.10. The number of alkyl halides is 3. The average molecular weight is 455 g/mol. The van der Waals surface area contributed by atoms with Crippen LogP contribution in [-0.4, -0.2) is 44.2 Å². The van der Waals surface area contributed by atoms with Gasteiger partial charge in [-0.3, -0.25) is 0 Å². The number of hydrogen-bond acceptors (Lipinski definition) is 4. The molecule has 0 bridgehead atoms. The number of benzene rings is 2. The summed E-state index contributed by atoms with van der Waals surface area (Å²) in [4.78, 5) is 2.39. The van der Waals surface area contributed by atoms with Gasteiger partial charge in [0, 0.05) is 17.1 Å². The molecule has 1 saturated heterocycles. The van der Waals surface area contributed by atoms with E-state index < -0.39 is 22.8 Å². The van der Waals surface area contributed by atoms with Crippen LogP contribution in [0.25, 0.3) is 10.9 Å². The second kappa shape index (κ2) is 9.74. The summed E-state index contributed by atoms with van der Waals surface area (Å²) in [7, 11) is -1.80. The lowest BCUT2D eigenvalue weighted by atomic mass is 10.1. The fourth-order valence-corrected chi connectivity index (χ4v) is 4.32. The van der Waals surface area contributed by atoms with E-state index in [0.29, 0.717) is 10.9 Å². The summed E-state index contributed by atoms with van der Waals surface area (Å²) >= 11 is 0. The van der Waals surface area contributed by atoms with Crippen LogP contribution in [0.2, 0.25) is 0 Å². The van der Waals surface area contributed by atoms with E-state index in [1.165, 1.54) is 74.9 Å². The van der Waals surface area contributed by atoms with Gasteiger partial charge in [-0.1, -0.05) is 24.6 Å². The van der Waals surface area contributed by atoms with Gasteiger partial charge < -0.3 is 13.7 Å². The Bertz CT molecular complexity index is 1090. The zero-order valence-corrected chi connectivity index (χ0v) is 18.0. The summed E-state index contributed by atoms with van der Waals surface area (Å²) in [6.07, 6.45) is 1.24. The molecule has 0 N–H and O–H groups in total. The van der Waals surface area contributed by atoms with Crippen molar-refractivity contribution in [2.75, 3.05) is 20.1 Å². The predicted octanol–water partition coefficient (Wildman–Crippen LogP) is 5.07. The number of fused-ring (bicyclic) bond motifs is 1. The zero-order chi connectivity index (χ0) is 22.5. The van der Waals surface area contributed by atoms with Gasteiger partial charge in [0.1, 0.15) is 17.2 Å². The Labute approximate surface area is 180 Å². The Morgan fingerprint density at radius 1 is 0.968 bits per heavy atom. The van der Waals surface area contributed by atoms with E-state index in [-0.39, 0.29) is 10.6 Å². The Balaban J connectivity index is 0.000000330. The first-order chi connectivity index (χ1) is 14.6. The second-order valence-electron chi connectivity index (χ2n) is 7.49. The number of aromatic nitrogens is 1. The Kier molecular flexibility index (Phi) is 7.27. The van der Waals surface area contributed by atoms with Crippen LogP contribution in [0.1, 0.15) is 19.3 Å². The molecule has 0 spiro atoms. The van der Waals surface area contributed by atoms with Gasteiger partial charge in [-0.2, -0.15) is 21.6 Å². The lowest BCUT2D eigenvalue weighted by Crippen LogP contribution is -2.24. The molecular formula is C22H25F3N2O3S. The minimum Gasteiger partial charge on any atom is -0.379 e. The van der Waals surface area contributed by atoms with Crippen molar-refractivity contribution in [3.05, 3.63) is 60.8 Å². The van der Waals surface area contributed by atoms with Crippen LogP contribution in [0.5, 0.6) is 5.75 Å². The molecular weight excluding hydrogens is 429 g/mol. The van der Waals surface area contributed by atoms with E-state index >= 15 is 0 Å². The Morgan fingerprint density at radius 2 is 1.65 bits per heavy atom. The molecule has 2 heterocycles. The van der Waals surface area contributed by atoms with Gasteiger partial charge in [0.15, 0.2) is 0 Å². The maximum atomic E-state index is 12.5. The highest BCUT2D eigenvalue weighted by Gasteiger charge is 2.28. The topological polar surface area (TPSA) is 51.5 Å². The highest BCUT2D eigenvalue weighted by Crippen LogP contribution is 2.27. The molecule has 0 amide bonds. The summed E-state index contributed by atoms with van der Waals surface area (Å²) in [5.74, 6) is 0.0381. The number of halogens is 3. The van der Waals surface area contributed by atoms with Crippen molar-refractivity contribution >= 4 is 21.0 Å². The minimum absolute atomic E-state index is 0.000242. The lowest BCUT2D eigenvalue weighted by Gasteiger charge is -2.20. The summed E-state index contributed by atoms with van der Waals surface area (Å²) in [5, 5.41) is 0.458. The summed E-state index contributed by atoms with van der Waals surface area (Å²) in [5.41, 5.74) is 0.344. The second-order valence-corrected chi connectivity index (χ2v) is 9.04. The van der Waals surface area contributed by atoms with Gasteiger partial charge in [-0.15, -0.1) is 0 Å². The largest absolute Gasteiger partial charge is 0.406 e. The van der Waals surface area contributed by atoms with Crippen LogP contribution in [0, 0.1) is 0 Å². The molecule has 4 rings (SSSR count). The van der Waals surface area contributed by atoms with Gasteiger partial charge >= 0.3 is 16.3 Å². The quantitative estimate of drug-likeness (QED) is 0.517. The number of hydrogen-bond donors (Lipinski definition) is 0. The fraction of sp³-hybridized carbons (Fsp3) is 0.364. The van der Waals surface area contributed by atoms with Crippen LogP contribution >= 0.6 is 0 Å². The molecule has 1 aromatic heterocycles. The van der Waals surface area contributed by atoms with Gasteiger partial charge in [0.05, 0.1) is 0 Å². The molecule has 168 valence electrons. The molecule has 5 nitrogen and oxygen atoms in total. The third-order valence-corrected chi connectivity index (χ3v) is 6.17. The fourth-order valence-electron chi connectivity index (χ4n) is 3.38. The SMILES string of the molecule is CN1CCCCC1.O=S(=O)(Oc1ccc2c(ccn2CC(F)(F)F)c1)c1ccccc1. The molecule has 31 heavy (non-hydrogen) atoms. The van der Waals surface area contributed by atoms with Gasteiger partial charge in [-0.05, 0) is 69.4 Å². The summed E-state index contributed by atoms with van der Waals surface area (Å²) in [6.45, 7) is 1.53. The van der Waals surface area contributed by atoms with Crippen molar-refractivity contribution in [1.82, 2.24) is 9.47 Å². The monoisotopic (exact) mass is 454 g/mol. The maximum Gasteiger partial charge on any atom is 0.406 e. The Hall–Kier alpha value is -2.52. The molecule has 0 saturated carbocycles. The summed E-state index contributed by atoms with van der Waals surface area (Å²) in [6, 6.07) is 13.2. The number of likely N-dealkylation sites (tertiary alicyclic amines) is 1. The van der Waals surface area contributed by atoms with Crippen LogP contribution in [0.3, 0.4) is 0 Å². The first kappa shape index (κ1) is 23.1. The van der Waals surface area contributed by atoms with Gasteiger partial charge in [-0.25, -0.2) is 0 Å². The highest BCUT2D eigenvalue weighted by atomic mass is 32.2. The van der Waals surface area contributed by atoms with E-state index in [1.807, 2.05) is 0 Å². The molecule has 9 heteroatoms. The van der Waals surface area contributed by atoms with Gasteiger partial charge in [0.25, 0.3) is 0 Å². The van der Waals surface area contributed by atoms with Gasteiger partial charge in [0.2, 0.25) is 0 Å². The van der Waals surface area contributed by atoms with Crippen molar-refractivity contribution in [3.63, 3.8) is 0 Å². The molecule has 0 unspecified atom stereocenters. The summed E-state index contributed by atoms with van der Waals surface area (Å²) < 4.78 is 67.9. The first-order valence-electron chi connectivity index (χ1n) is 9.98. The van der Waals surface area contributed by atoms with Crippen molar-refractivity contribution < 1.29 is 25.8 Å². The zero-order valence-electron chi connectivity index (χ0n) is 17.2. The molecule has 0 radical (unpaired) electrons. The van der Waals surface area contributed by atoms with Crippen LogP contribution in [-0.2, 0) is 16.7 Å². The first-order valence-corrected chi connectivity index (χ1v) is 11.4. The van der Waals surface area contributed by atoms with Crippen LogP contribution in [0.4, 0.5) is 13.2 Å². The molecule has 2 aromatic carbocycles. The number of rotatable bonds is 4. The molecule has 1 fully saturated rings. The molecule has 0 aliphatic carbocycles. The minimum atomic E-state index is -4.34. The molecule has 3 aromatic rings. The maximum absolute atomic E-state index is 12.5. The smallest absolute Gasteiger partial charge is 0.379 e. The van der Waals surface area contributed by atoms with Crippen molar-refractivity contribution in [2.45, 2.75) is 36.9 Å².